The van der Waals surface area contributed by atoms with Crippen LogP contribution in [0, 0.1) is 0 Å². The number of carbonyl (C=O) groups is 1. The molecule has 1 aliphatic rings. The maximum Gasteiger partial charge on any atom is 0.223 e. The van der Waals surface area contributed by atoms with Crippen molar-refractivity contribution < 1.29 is 4.79 Å². The van der Waals surface area contributed by atoms with Gasteiger partial charge in [-0.15, -0.1) is 12.4 Å². The Morgan fingerprint density at radius 3 is 2.92 bits per heavy atom. The highest BCUT2D eigenvalue weighted by Crippen LogP contribution is 2.25. The maximum absolute atomic E-state index is 12.7. The molecule has 1 saturated heterocycles. The molecule has 2 heterocycles. The quantitative estimate of drug-likeness (QED) is 0.904. The van der Waals surface area contributed by atoms with Crippen LogP contribution in [-0.2, 0) is 11.2 Å². The topological polar surface area (TPSA) is 45.2 Å². The predicted octanol–water partition coefficient (Wildman–Crippen LogP) is 3.26. The van der Waals surface area contributed by atoms with Gasteiger partial charge in [-0.25, -0.2) is 0 Å². The molecule has 128 valence electrons. The van der Waals surface area contributed by atoms with Gasteiger partial charge in [0.25, 0.3) is 0 Å². The fraction of sp³-hybridized carbons (Fsp3) is 0.333. The highest BCUT2D eigenvalue weighted by atomic mass is 35.5. The lowest BCUT2D eigenvalue weighted by Gasteiger charge is -2.36. The number of benzene rings is 1. The van der Waals surface area contributed by atoms with Crippen molar-refractivity contribution >= 4 is 29.9 Å². The molecule has 1 unspecified atom stereocenters. The molecule has 24 heavy (non-hydrogen) atoms. The van der Waals surface area contributed by atoms with Crippen molar-refractivity contribution in [1.29, 1.82) is 0 Å². The summed E-state index contributed by atoms with van der Waals surface area (Å²) in [7, 11) is 0. The molecule has 3 rings (SSSR count). The van der Waals surface area contributed by atoms with E-state index in [4.69, 9.17) is 11.6 Å². The van der Waals surface area contributed by atoms with Gasteiger partial charge in [-0.1, -0.05) is 29.8 Å². The van der Waals surface area contributed by atoms with E-state index in [1.165, 1.54) is 0 Å². The van der Waals surface area contributed by atoms with Crippen LogP contribution in [0.25, 0.3) is 0 Å². The minimum absolute atomic E-state index is 0. The van der Waals surface area contributed by atoms with Crippen LogP contribution in [0.15, 0.2) is 48.7 Å². The first-order valence-electron chi connectivity index (χ1n) is 7.89. The van der Waals surface area contributed by atoms with Crippen molar-refractivity contribution in [2.45, 2.75) is 18.9 Å². The van der Waals surface area contributed by atoms with Gasteiger partial charge in [0.15, 0.2) is 0 Å². The molecule has 1 fully saturated rings. The molecule has 4 nitrogen and oxygen atoms in total. The Kier molecular flexibility index (Phi) is 7.03. The summed E-state index contributed by atoms with van der Waals surface area (Å²) >= 11 is 6.10. The van der Waals surface area contributed by atoms with Crippen LogP contribution in [0.1, 0.15) is 23.7 Å². The molecule has 1 N–H and O–H groups in total. The second kappa shape index (κ2) is 9.02. The second-order valence-corrected chi connectivity index (χ2v) is 6.12. The monoisotopic (exact) mass is 365 g/mol. The highest BCUT2D eigenvalue weighted by molar-refractivity contribution is 6.30. The Morgan fingerprint density at radius 1 is 1.29 bits per heavy atom. The lowest BCUT2D eigenvalue weighted by atomic mass is 10.0. The molecule has 0 bridgehead atoms. The van der Waals surface area contributed by atoms with Crippen LogP contribution in [-0.4, -0.2) is 35.4 Å². The molecule has 1 aromatic carbocycles. The van der Waals surface area contributed by atoms with Crippen molar-refractivity contribution in [3.05, 3.63) is 64.9 Å². The fourth-order valence-corrected chi connectivity index (χ4v) is 3.14. The van der Waals surface area contributed by atoms with Crippen molar-refractivity contribution in [1.82, 2.24) is 15.2 Å². The number of halogens is 2. The molecule has 1 amide bonds. The smallest absolute Gasteiger partial charge is 0.223 e. The third-order valence-corrected chi connectivity index (χ3v) is 4.35. The van der Waals surface area contributed by atoms with E-state index in [2.05, 4.69) is 10.3 Å². The van der Waals surface area contributed by atoms with Gasteiger partial charge >= 0.3 is 0 Å². The first-order valence-corrected chi connectivity index (χ1v) is 8.27. The summed E-state index contributed by atoms with van der Waals surface area (Å²) in [5.74, 6) is 0.169. The number of carbonyl (C=O) groups excluding carboxylic acids is 1. The van der Waals surface area contributed by atoms with Crippen LogP contribution in [0.2, 0.25) is 5.02 Å². The van der Waals surface area contributed by atoms with Gasteiger partial charge in [0.1, 0.15) is 0 Å². The molecule has 2 aromatic rings. The zero-order valence-electron chi connectivity index (χ0n) is 13.3. The van der Waals surface area contributed by atoms with Gasteiger partial charge in [-0.3, -0.25) is 9.78 Å². The first-order chi connectivity index (χ1) is 11.2. The van der Waals surface area contributed by atoms with E-state index >= 15 is 0 Å². The van der Waals surface area contributed by atoms with Crippen LogP contribution >= 0.6 is 24.0 Å². The van der Waals surface area contributed by atoms with Gasteiger partial charge in [-0.05, 0) is 36.2 Å². The van der Waals surface area contributed by atoms with E-state index in [-0.39, 0.29) is 24.4 Å². The van der Waals surface area contributed by atoms with Crippen LogP contribution in [0.5, 0.6) is 0 Å². The summed E-state index contributed by atoms with van der Waals surface area (Å²) in [5.41, 5.74) is 2.03. The molecule has 1 aromatic heterocycles. The summed E-state index contributed by atoms with van der Waals surface area (Å²) in [5, 5.41) is 4.06. The summed E-state index contributed by atoms with van der Waals surface area (Å²) in [6.07, 6.45) is 2.92. The van der Waals surface area contributed by atoms with E-state index in [9.17, 15) is 4.79 Å². The number of aromatic nitrogens is 1. The molecule has 0 radical (unpaired) electrons. The second-order valence-electron chi connectivity index (χ2n) is 5.68. The Labute approximate surface area is 153 Å². The number of hydrogen-bond acceptors (Lipinski definition) is 3. The number of nitrogens with zero attached hydrogens (tertiary/aromatic N) is 2. The fourth-order valence-electron chi connectivity index (χ4n) is 2.94. The predicted molar refractivity (Wildman–Crippen MR) is 98.6 cm³/mol. The summed E-state index contributed by atoms with van der Waals surface area (Å²) in [6.45, 7) is 2.31. The minimum Gasteiger partial charge on any atom is -0.333 e. The van der Waals surface area contributed by atoms with Gasteiger partial charge < -0.3 is 10.2 Å². The molecule has 0 saturated carbocycles. The Morgan fingerprint density at radius 2 is 2.17 bits per heavy atom. The number of nitrogens with one attached hydrogen (secondary N) is 1. The SMILES string of the molecule is Cl.O=C(CCc1ccccn1)N1CCNCC1c1cccc(Cl)c1. The lowest BCUT2D eigenvalue weighted by molar-refractivity contribution is -0.134. The molecule has 6 heteroatoms. The Bertz CT molecular complexity index is 666. The number of rotatable bonds is 4. The number of pyridine rings is 1. The van der Waals surface area contributed by atoms with Gasteiger partial charge in [0, 0.05) is 43.0 Å². The van der Waals surface area contributed by atoms with Gasteiger partial charge in [0.05, 0.1) is 6.04 Å². The van der Waals surface area contributed by atoms with E-state index in [0.29, 0.717) is 17.9 Å². The van der Waals surface area contributed by atoms with E-state index in [0.717, 1.165) is 30.9 Å². The molecular weight excluding hydrogens is 345 g/mol. The maximum atomic E-state index is 12.7. The van der Waals surface area contributed by atoms with Crippen molar-refractivity contribution in [2.24, 2.45) is 0 Å². The third-order valence-electron chi connectivity index (χ3n) is 4.12. The number of piperazine rings is 1. The Hall–Kier alpha value is -1.62. The third kappa shape index (κ3) is 4.69. The van der Waals surface area contributed by atoms with Crippen molar-refractivity contribution in [3.63, 3.8) is 0 Å². The van der Waals surface area contributed by atoms with E-state index < -0.39 is 0 Å². The average molecular weight is 366 g/mol. The highest BCUT2D eigenvalue weighted by Gasteiger charge is 2.27. The standard InChI is InChI=1S/C18H20ClN3O.ClH/c19-15-5-3-4-14(12-15)17-13-20-10-11-22(17)18(23)8-7-16-6-1-2-9-21-16;/h1-6,9,12,17,20H,7-8,10-11,13H2;1H. The molecular formula is C18H21Cl2N3O. The Balaban J connectivity index is 0.00000208. The molecule has 0 aliphatic carbocycles. The zero-order chi connectivity index (χ0) is 16.1. The van der Waals surface area contributed by atoms with E-state index in [1.54, 1.807) is 6.20 Å². The molecule has 0 spiro atoms. The summed E-state index contributed by atoms with van der Waals surface area (Å²) in [6, 6.07) is 13.6. The number of hydrogen-bond donors (Lipinski definition) is 1. The van der Waals surface area contributed by atoms with Crippen molar-refractivity contribution in [3.8, 4) is 0 Å². The lowest BCUT2D eigenvalue weighted by Crippen LogP contribution is -2.48. The van der Waals surface area contributed by atoms with Crippen LogP contribution < -0.4 is 5.32 Å². The van der Waals surface area contributed by atoms with Crippen LogP contribution in [0.4, 0.5) is 0 Å². The van der Waals surface area contributed by atoms with E-state index in [1.807, 2.05) is 47.4 Å². The molecule has 1 aliphatic heterocycles. The van der Waals surface area contributed by atoms with Gasteiger partial charge in [-0.2, -0.15) is 0 Å². The zero-order valence-corrected chi connectivity index (χ0v) is 14.9. The average Bonchev–Trinajstić information content (AvgIpc) is 2.60. The summed E-state index contributed by atoms with van der Waals surface area (Å²) in [4.78, 5) is 18.9. The summed E-state index contributed by atoms with van der Waals surface area (Å²) < 4.78 is 0. The van der Waals surface area contributed by atoms with Crippen LogP contribution in [0.3, 0.4) is 0 Å². The largest absolute Gasteiger partial charge is 0.333 e. The molecule has 1 atom stereocenters. The normalized spacial score (nSPS) is 17.2. The number of aryl methyl sites for hydroxylation is 1. The first kappa shape index (κ1) is 18.7. The number of amides is 1. The van der Waals surface area contributed by atoms with Crippen molar-refractivity contribution in [2.75, 3.05) is 19.6 Å². The van der Waals surface area contributed by atoms with Gasteiger partial charge in [0.2, 0.25) is 5.91 Å². The minimum atomic E-state index is 0.